The van der Waals surface area contributed by atoms with Gasteiger partial charge in [-0.2, -0.15) is 0 Å². The molecule has 1 N–H and O–H groups in total. The van der Waals surface area contributed by atoms with Crippen molar-refractivity contribution < 1.29 is 9.31 Å². The highest BCUT2D eigenvalue weighted by atomic mass is 19.1. The van der Waals surface area contributed by atoms with E-state index in [1.807, 2.05) is 6.20 Å². The van der Waals surface area contributed by atoms with Crippen LogP contribution in [0, 0.1) is 15.9 Å². The van der Waals surface area contributed by atoms with Gasteiger partial charge >= 0.3 is 0 Å². The highest BCUT2D eigenvalue weighted by Crippen LogP contribution is 2.17. The van der Waals surface area contributed by atoms with Crippen molar-refractivity contribution >= 4 is 5.69 Å². The number of rotatable bonds is 7. The molecule has 2 aromatic rings. The van der Waals surface area contributed by atoms with E-state index in [1.165, 1.54) is 12.1 Å². The number of hydrogen-bond acceptors (Lipinski definition) is 4. The molecule has 0 saturated carbocycles. The fraction of sp³-hybridized carbons (Fsp3) is 0.357. The largest absolute Gasteiger partial charge is 0.333 e. The fourth-order valence-corrected chi connectivity index (χ4v) is 2.02. The van der Waals surface area contributed by atoms with E-state index < -0.39 is 10.7 Å². The molecule has 0 aliphatic carbocycles. The van der Waals surface area contributed by atoms with Gasteiger partial charge in [-0.15, -0.1) is 0 Å². The van der Waals surface area contributed by atoms with Gasteiger partial charge in [-0.25, -0.2) is 9.37 Å². The Kier molecular flexibility index (Phi) is 4.99. The number of imidazole rings is 1. The molecule has 0 fully saturated rings. The van der Waals surface area contributed by atoms with Crippen LogP contribution in [0.4, 0.5) is 10.1 Å². The summed E-state index contributed by atoms with van der Waals surface area (Å²) in [6.45, 7) is 4.02. The lowest BCUT2D eigenvalue weighted by molar-refractivity contribution is -0.385. The molecule has 6 nitrogen and oxygen atoms in total. The standard InChI is InChI=1S/C14H17FN4O2/c1-2-3-16-7-13-9-18(10-17-13)8-11-4-12(15)6-14(5-11)19(20)21/h4-6,9-10,16H,2-3,7-8H2,1H3. The minimum absolute atomic E-state index is 0.241. The van der Waals surface area contributed by atoms with Crippen LogP contribution >= 0.6 is 0 Å². The maximum atomic E-state index is 13.4. The zero-order chi connectivity index (χ0) is 15.2. The van der Waals surface area contributed by atoms with E-state index >= 15 is 0 Å². The number of nitrogens with one attached hydrogen (secondary N) is 1. The monoisotopic (exact) mass is 292 g/mol. The molecule has 1 aromatic carbocycles. The van der Waals surface area contributed by atoms with Crippen LogP contribution in [-0.4, -0.2) is 21.0 Å². The van der Waals surface area contributed by atoms with Gasteiger partial charge in [0.05, 0.1) is 23.0 Å². The van der Waals surface area contributed by atoms with Crippen molar-refractivity contribution in [3.05, 3.63) is 57.9 Å². The van der Waals surface area contributed by atoms with Crippen LogP contribution in [0.5, 0.6) is 0 Å². The third-order valence-electron chi connectivity index (χ3n) is 2.94. The molecule has 7 heteroatoms. The molecule has 0 saturated heterocycles. The van der Waals surface area contributed by atoms with Crippen molar-refractivity contribution in [2.24, 2.45) is 0 Å². The molecule has 2 rings (SSSR count). The zero-order valence-corrected chi connectivity index (χ0v) is 11.8. The molecule has 0 aliphatic rings. The van der Waals surface area contributed by atoms with Gasteiger partial charge in [0, 0.05) is 25.4 Å². The van der Waals surface area contributed by atoms with E-state index in [2.05, 4.69) is 17.2 Å². The summed E-state index contributed by atoms with van der Waals surface area (Å²) in [7, 11) is 0. The molecular formula is C14H17FN4O2. The van der Waals surface area contributed by atoms with Crippen LogP contribution in [0.3, 0.4) is 0 Å². The van der Waals surface area contributed by atoms with E-state index in [-0.39, 0.29) is 5.69 Å². The average Bonchev–Trinajstić information content (AvgIpc) is 2.86. The Labute approximate surface area is 121 Å². The van der Waals surface area contributed by atoms with Crippen LogP contribution in [0.1, 0.15) is 24.6 Å². The number of halogens is 1. The Balaban J connectivity index is 2.06. The number of aromatic nitrogens is 2. The molecule has 21 heavy (non-hydrogen) atoms. The summed E-state index contributed by atoms with van der Waals surface area (Å²) < 4.78 is 15.1. The topological polar surface area (TPSA) is 73.0 Å². The van der Waals surface area contributed by atoms with Gasteiger partial charge in [-0.1, -0.05) is 6.92 Å². The maximum absolute atomic E-state index is 13.4. The summed E-state index contributed by atoms with van der Waals surface area (Å²) in [6, 6.07) is 3.58. The number of nitro groups is 1. The average molecular weight is 292 g/mol. The highest BCUT2D eigenvalue weighted by molar-refractivity contribution is 5.35. The number of hydrogen-bond donors (Lipinski definition) is 1. The van der Waals surface area contributed by atoms with E-state index in [9.17, 15) is 14.5 Å². The van der Waals surface area contributed by atoms with Crippen LogP contribution in [-0.2, 0) is 13.1 Å². The predicted octanol–water partition coefficient (Wildman–Crippen LogP) is 2.48. The first-order chi connectivity index (χ1) is 10.1. The van der Waals surface area contributed by atoms with Crippen LogP contribution in [0.15, 0.2) is 30.7 Å². The van der Waals surface area contributed by atoms with Crippen molar-refractivity contribution in [3.63, 3.8) is 0 Å². The van der Waals surface area contributed by atoms with Gasteiger partial charge in [0.1, 0.15) is 5.82 Å². The van der Waals surface area contributed by atoms with Crippen molar-refractivity contribution in [1.29, 1.82) is 0 Å². The number of nitro benzene ring substituents is 1. The number of non-ortho nitro benzene ring substituents is 1. The highest BCUT2D eigenvalue weighted by Gasteiger charge is 2.10. The third-order valence-corrected chi connectivity index (χ3v) is 2.94. The summed E-state index contributed by atoms with van der Waals surface area (Å²) in [4.78, 5) is 14.4. The summed E-state index contributed by atoms with van der Waals surface area (Å²) in [6.07, 6.45) is 4.53. The molecule has 0 bridgehead atoms. The maximum Gasteiger partial charge on any atom is 0.272 e. The number of nitrogens with zero attached hydrogens (tertiary/aromatic N) is 3. The Morgan fingerprint density at radius 1 is 1.43 bits per heavy atom. The van der Waals surface area contributed by atoms with E-state index in [1.54, 1.807) is 10.9 Å². The van der Waals surface area contributed by atoms with Crippen LogP contribution in [0.2, 0.25) is 0 Å². The Hall–Kier alpha value is -2.28. The quantitative estimate of drug-likeness (QED) is 0.483. The van der Waals surface area contributed by atoms with Gasteiger partial charge in [-0.05, 0) is 24.6 Å². The van der Waals surface area contributed by atoms with Crippen molar-refractivity contribution in [2.45, 2.75) is 26.4 Å². The van der Waals surface area contributed by atoms with E-state index in [0.717, 1.165) is 24.7 Å². The second-order valence-corrected chi connectivity index (χ2v) is 4.79. The summed E-state index contributed by atoms with van der Waals surface area (Å²) in [5, 5.41) is 14.0. The van der Waals surface area contributed by atoms with Crippen molar-refractivity contribution in [3.8, 4) is 0 Å². The van der Waals surface area contributed by atoms with Crippen molar-refractivity contribution in [2.75, 3.05) is 6.54 Å². The predicted molar refractivity (Wildman–Crippen MR) is 76.4 cm³/mol. The third kappa shape index (κ3) is 4.35. The smallest absolute Gasteiger partial charge is 0.272 e. The summed E-state index contributed by atoms with van der Waals surface area (Å²) >= 11 is 0. The lowest BCUT2D eigenvalue weighted by Gasteiger charge is -2.03. The molecule has 0 spiro atoms. The summed E-state index contributed by atoms with van der Waals surface area (Å²) in [5.41, 5.74) is 1.18. The lowest BCUT2D eigenvalue weighted by Crippen LogP contribution is -2.13. The van der Waals surface area contributed by atoms with Crippen LogP contribution < -0.4 is 5.32 Å². The van der Waals surface area contributed by atoms with Crippen LogP contribution in [0.25, 0.3) is 0 Å². The van der Waals surface area contributed by atoms with E-state index in [0.29, 0.717) is 18.7 Å². The minimum Gasteiger partial charge on any atom is -0.333 e. The zero-order valence-electron chi connectivity index (χ0n) is 11.8. The van der Waals surface area contributed by atoms with Gasteiger partial charge in [0.2, 0.25) is 0 Å². The molecule has 0 radical (unpaired) electrons. The first kappa shape index (κ1) is 15.1. The summed E-state index contributed by atoms with van der Waals surface area (Å²) in [5.74, 6) is -0.607. The first-order valence-electron chi connectivity index (χ1n) is 6.73. The van der Waals surface area contributed by atoms with E-state index in [4.69, 9.17) is 0 Å². The molecule has 1 heterocycles. The lowest BCUT2D eigenvalue weighted by atomic mass is 10.2. The minimum atomic E-state index is -0.607. The molecule has 112 valence electrons. The SMILES string of the molecule is CCCNCc1cn(Cc2cc(F)cc([N+](=O)[O-])c2)cn1. The molecule has 0 amide bonds. The second kappa shape index (κ2) is 6.94. The second-order valence-electron chi connectivity index (χ2n) is 4.79. The molecule has 0 aliphatic heterocycles. The van der Waals surface area contributed by atoms with Gasteiger partial charge < -0.3 is 9.88 Å². The van der Waals surface area contributed by atoms with Gasteiger partial charge in [-0.3, -0.25) is 10.1 Å². The normalized spacial score (nSPS) is 10.8. The van der Waals surface area contributed by atoms with Gasteiger partial charge in [0.25, 0.3) is 5.69 Å². The number of benzene rings is 1. The van der Waals surface area contributed by atoms with Crippen molar-refractivity contribution in [1.82, 2.24) is 14.9 Å². The molecule has 1 aromatic heterocycles. The van der Waals surface area contributed by atoms with Gasteiger partial charge in [0.15, 0.2) is 0 Å². The molecular weight excluding hydrogens is 275 g/mol. The Morgan fingerprint density at radius 3 is 2.95 bits per heavy atom. The molecule has 0 atom stereocenters. The fourth-order valence-electron chi connectivity index (χ4n) is 2.02. The molecule has 0 unspecified atom stereocenters. The Bertz CT molecular complexity index is 627. The Morgan fingerprint density at radius 2 is 2.24 bits per heavy atom. The first-order valence-corrected chi connectivity index (χ1v) is 6.73.